The molecule has 0 saturated heterocycles. The Hall–Kier alpha value is -1.08. The van der Waals surface area contributed by atoms with Crippen molar-refractivity contribution < 1.29 is 17.9 Å². The van der Waals surface area contributed by atoms with E-state index in [2.05, 4.69) is 9.72 Å². The van der Waals surface area contributed by atoms with Gasteiger partial charge in [-0.3, -0.25) is 9.36 Å². The Morgan fingerprint density at radius 3 is 2.72 bits per heavy atom. The second kappa shape index (κ2) is 6.19. The van der Waals surface area contributed by atoms with Gasteiger partial charge in [-0.2, -0.15) is 13.2 Å². The van der Waals surface area contributed by atoms with Gasteiger partial charge in [-0.1, -0.05) is 11.6 Å². The van der Waals surface area contributed by atoms with Gasteiger partial charge in [-0.05, 0) is 13.3 Å². The fourth-order valence-electron chi connectivity index (χ4n) is 1.37. The molecule has 1 rings (SSSR count). The molecule has 18 heavy (non-hydrogen) atoms. The monoisotopic (exact) mass is 284 g/mol. The predicted molar refractivity (Wildman–Crippen MR) is 59.7 cm³/mol. The van der Waals surface area contributed by atoms with Crippen LogP contribution < -0.4 is 5.56 Å². The minimum Gasteiger partial charge on any atom is -0.372 e. The van der Waals surface area contributed by atoms with Crippen molar-refractivity contribution >= 4 is 11.6 Å². The molecule has 1 aromatic rings. The molecule has 0 aliphatic heterocycles. The van der Waals surface area contributed by atoms with E-state index in [0.717, 1.165) is 6.07 Å². The first kappa shape index (κ1) is 15.0. The minimum absolute atomic E-state index is 0.0754. The molecule has 1 heterocycles. The van der Waals surface area contributed by atoms with Crippen LogP contribution in [0.4, 0.5) is 13.2 Å². The summed E-state index contributed by atoms with van der Waals surface area (Å²) in [6, 6.07) is 1.16. The molecule has 0 N–H and O–H groups in total. The lowest BCUT2D eigenvalue weighted by atomic mass is 10.4. The molecular formula is C10H12ClF3N2O2. The zero-order chi connectivity index (χ0) is 13.8. The molecule has 0 aromatic carbocycles. The Balaban J connectivity index is 2.43. The summed E-state index contributed by atoms with van der Waals surface area (Å²) in [7, 11) is 0. The molecule has 1 aromatic heterocycles. The van der Waals surface area contributed by atoms with Crippen molar-refractivity contribution in [1.82, 2.24) is 9.55 Å². The summed E-state index contributed by atoms with van der Waals surface area (Å²) >= 11 is 5.58. The van der Waals surface area contributed by atoms with Crippen molar-refractivity contribution in [1.29, 1.82) is 0 Å². The second-order valence-corrected chi connectivity index (χ2v) is 4.02. The van der Waals surface area contributed by atoms with Crippen molar-refractivity contribution in [2.75, 3.05) is 13.2 Å². The largest absolute Gasteiger partial charge is 0.411 e. The topological polar surface area (TPSA) is 44.1 Å². The van der Waals surface area contributed by atoms with Gasteiger partial charge in [0.1, 0.15) is 17.6 Å². The van der Waals surface area contributed by atoms with E-state index in [1.54, 1.807) is 6.92 Å². The second-order valence-electron chi connectivity index (χ2n) is 3.64. The Labute approximate surface area is 106 Å². The molecule has 0 amide bonds. The highest BCUT2D eigenvalue weighted by molar-refractivity contribution is 6.29. The van der Waals surface area contributed by atoms with Gasteiger partial charge in [0.2, 0.25) is 0 Å². The lowest BCUT2D eigenvalue weighted by molar-refractivity contribution is -0.174. The van der Waals surface area contributed by atoms with Crippen LogP contribution in [0.2, 0.25) is 5.15 Å². The maximum Gasteiger partial charge on any atom is 0.411 e. The molecular weight excluding hydrogens is 273 g/mol. The van der Waals surface area contributed by atoms with Gasteiger partial charge in [0, 0.05) is 19.2 Å². The van der Waals surface area contributed by atoms with E-state index in [0.29, 0.717) is 12.2 Å². The Bertz CT molecular complexity index is 459. The first-order valence-corrected chi connectivity index (χ1v) is 5.56. The van der Waals surface area contributed by atoms with Crippen LogP contribution in [0, 0.1) is 6.92 Å². The van der Waals surface area contributed by atoms with Crippen LogP contribution >= 0.6 is 11.6 Å². The zero-order valence-electron chi connectivity index (χ0n) is 9.63. The number of aromatic nitrogens is 2. The van der Waals surface area contributed by atoms with Crippen molar-refractivity contribution in [3.8, 4) is 0 Å². The first-order valence-electron chi connectivity index (χ1n) is 5.18. The smallest absolute Gasteiger partial charge is 0.372 e. The van der Waals surface area contributed by atoms with Crippen LogP contribution in [0.1, 0.15) is 12.2 Å². The predicted octanol–water partition coefficient (Wildman–Crippen LogP) is 2.17. The number of hydrogen-bond donors (Lipinski definition) is 0. The van der Waals surface area contributed by atoms with E-state index in [-0.39, 0.29) is 23.9 Å². The molecule has 0 unspecified atom stereocenters. The van der Waals surface area contributed by atoms with Crippen LogP contribution in [0.25, 0.3) is 0 Å². The fraction of sp³-hybridized carbons (Fsp3) is 0.600. The standard InChI is InChI=1S/C10H12ClF3N2O2/c1-7-15-8(11)5-9(17)16(7)3-2-4-18-6-10(12,13)14/h5H,2-4,6H2,1H3. The number of alkyl halides is 3. The van der Waals surface area contributed by atoms with Crippen molar-refractivity contribution in [3.05, 3.63) is 27.4 Å². The summed E-state index contributed by atoms with van der Waals surface area (Å²) in [5.74, 6) is 0.420. The summed E-state index contributed by atoms with van der Waals surface area (Å²) in [4.78, 5) is 15.4. The SMILES string of the molecule is Cc1nc(Cl)cc(=O)n1CCCOCC(F)(F)F. The summed E-state index contributed by atoms with van der Waals surface area (Å²) in [6.45, 7) is 0.490. The summed E-state index contributed by atoms with van der Waals surface area (Å²) in [5.41, 5.74) is -0.330. The van der Waals surface area contributed by atoms with E-state index in [4.69, 9.17) is 11.6 Å². The van der Waals surface area contributed by atoms with Crippen LogP contribution in [0.3, 0.4) is 0 Å². The summed E-state index contributed by atoms with van der Waals surface area (Å²) in [5, 5.41) is 0.0991. The Kier molecular flexibility index (Phi) is 5.15. The maximum absolute atomic E-state index is 11.8. The zero-order valence-corrected chi connectivity index (χ0v) is 10.4. The number of aryl methyl sites for hydroxylation is 1. The van der Waals surface area contributed by atoms with Gasteiger partial charge in [-0.15, -0.1) is 0 Å². The number of hydrogen-bond acceptors (Lipinski definition) is 3. The van der Waals surface area contributed by atoms with Gasteiger partial charge in [-0.25, -0.2) is 4.98 Å². The molecule has 102 valence electrons. The quantitative estimate of drug-likeness (QED) is 0.615. The van der Waals surface area contributed by atoms with Gasteiger partial charge in [0.05, 0.1) is 0 Å². The highest BCUT2D eigenvalue weighted by Crippen LogP contribution is 2.14. The fourth-order valence-corrected chi connectivity index (χ4v) is 1.59. The van der Waals surface area contributed by atoms with Crippen molar-refractivity contribution in [2.24, 2.45) is 0 Å². The molecule has 4 nitrogen and oxygen atoms in total. The third-order valence-corrected chi connectivity index (χ3v) is 2.30. The molecule has 0 spiro atoms. The average molecular weight is 285 g/mol. The highest BCUT2D eigenvalue weighted by atomic mass is 35.5. The number of rotatable bonds is 5. The number of ether oxygens (including phenoxy) is 1. The molecule has 8 heteroatoms. The van der Waals surface area contributed by atoms with Gasteiger partial charge < -0.3 is 4.74 Å². The van der Waals surface area contributed by atoms with E-state index >= 15 is 0 Å². The van der Waals surface area contributed by atoms with Gasteiger partial charge in [0.15, 0.2) is 0 Å². The summed E-state index contributed by atoms with van der Waals surface area (Å²) < 4.78 is 41.1. The first-order chi connectivity index (χ1) is 8.29. The highest BCUT2D eigenvalue weighted by Gasteiger charge is 2.27. The average Bonchev–Trinajstić information content (AvgIpc) is 2.19. The van der Waals surface area contributed by atoms with E-state index in [9.17, 15) is 18.0 Å². The molecule has 0 fully saturated rings. The molecule has 0 radical (unpaired) electrons. The van der Waals surface area contributed by atoms with Gasteiger partial charge >= 0.3 is 6.18 Å². The van der Waals surface area contributed by atoms with Crippen LogP contribution in [0.5, 0.6) is 0 Å². The Morgan fingerprint density at radius 1 is 1.50 bits per heavy atom. The normalized spacial score (nSPS) is 11.8. The summed E-state index contributed by atoms with van der Waals surface area (Å²) in [6.07, 6.45) is -4.03. The van der Waals surface area contributed by atoms with E-state index in [1.807, 2.05) is 0 Å². The minimum atomic E-state index is -4.32. The van der Waals surface area contributed by atoms with Crippen LogP contribution in [-0.4, -0.2) is 28.9 Å². The number of halogens is 4. The lowest BCUT2D eigenvalue weighted by Crippen LogP contribution is -2.24. The third-order valence-electron chi connectivity index (χ3n) is 2.10. The molecule has 0 atom stereocenters. The van der Waals surface area contributed by atoms with Crippen LogP contribution in [-0.2, 0) is 11.3 Å². The van der Waals surface area contributed by atoms with Crippen molar-refractivity contribution in [3.63, 3.8) is 0 Å². The molecule has 0 bridgehead atoms. The number of nitrogens with zero attached hydrogens (tertiary/aromatic N) is 2. The van der Waals surface area contributed by atoms with Crippen molar-refractivity contribution in [2.45, 2.75) is 26.1 Å². The van der Waals surface area contributed by atoms with Crippen LogP contribution in [0.15, 0.2) is 10.9 Å². The molecule has 0 aliphatic carbocycles. The Morgan fingerprint density at radius 2 is 2.17 bits per heavy atom. The van der Waals surface area contributed by atoms with E-state index < -0.39 is 12.8 Å². The third kappa shape index (κ3) is 5.05. The lowest BCUT2D eigenvalue weighted by Gasteiger charge is -2.10. The van der Waals surface area contributed by atoms with Gasteiger partial charge in [0.25, 0.3) is 5.56 Å². The molecule has 0 saturated carbocycles. The molecule has 0 aliphatic rings. The van der Waals surface area contributed by atoms with E-state index in [1.165, 1.54) is 4.57 Å². The maximum atomic E-state index is 11.8.